The molecular formula is C22H15Cl2NO5. The summed E-state index contributed by atoms with van der Waals surface area (Å²) < 4.78 is 5.47. The monoisotopic (exact) mass is 443 g/mol. The summed E-state index contributed by atoms with van der Waals surface area (Å²) in [5.74, 6) is -2.19. The van der Waals surface area contributed by atoms with Gasteiger partial charge in [-0.15, -0.1) is 0 Å². The van der Waals surface area contributed by atoms with Crippen LogP contribution in [-0.2, 0) is 9.59 Å². The van der Waals surface area contributed by atoms with Gasteiger partial charge in [0.05, 0.1) is 27.6 Å². The van der Waals surface area contributed by atoms with Crippen LogP contribution in [0.5, 0.6) is 5.75 Å². The van der Waals surface area contributed by atoms with Crippen LogP contribution in [0.2, 0.25) is 10.0 Å². The fraction of sp³-hybridized carbons (Fsp3) is 0.0909. The number of halogens is 2. The van der Waals surface area contributed by atoms with E-state index in [0.29, 0.717) is 0 Å². The molecular weight excluding hydrogens is 429 g/mol. The molecule has 1 atom stereocenters. The third-order valence-electron chi connectivity index (χ3n) is 4.84. The van der Waals surface area contributed by atoms with E-state index in [2.05, 4.69) is 0 Å². The van der Waals surface area contributed by atoms with Crippen molar-refractivity contribution < 1.29 is 24.2 Å². The van der Waals surface area contributed by atoms with E-state index in [1.165, 1.54) is 30.5 Å². The van der Waals surface area contributed by atoms with E-state index in [-0.39, 0.29) is 38.4 Å². The maximum absolute atomic E-state index is 13.0. The molecule has 4 rings (SSSR count). The zero-order valence-electron chi connectivity index (χ0n) is 15.6. The molecule has 0 saturated carbocycles. The first kappa shape index (κ1) is 20.1. The number of furan rings is 1. The molecule has 0 spiro atoms. The van der Waals surface area contributed by atoms with Gasteiger partial charge in [-0.2, -0.15) is 0 Å². The lowest BCUT2D eigenvalue weighted by Gasteiger charge is -2.24. The SMILES string of the molecule is Cc1ccc(O)c(N2C(=O)C(=O)/C(=C(\O)c3ccc(Cl)c(Cl)c3)C2c2ccco2)c1. The largest absolute Gasteiger partial charge is 0.507 e. The van der Waals surface area contributed by atoms with Gasteiger partial charge in [0.1, 0.15) is 23.3 Å². The summed E-state index contributed by atoms with van der Waals surface area (Å²) in [6, 6.07) is 11.1. The first-order valence-electron chi connectivity index (χ1n) is 8.89. The Morgan fingerprint density at radius 1 is 1.07 bits per heavy atom. The van der Waals surface area contributed by atoms with Crippen molar-refractivity contribution in [2.45, 2.75) is 13.0 Å². The number of aliphatic hydroxyl groups excluding tert-OH is 1. The Kier molecular flexibility index (Phi) is 5.05. The Hall–Kier alpha value is -3.22. The molecule has 1 unspecified atom stereocenters. The number of Topliss-reactive ketones (excluding diaryl/α,β-unsaturated/α-hetero) is 1. The van der Waals surface area contributed by atoms with E-state index < -0.39 is 23.5 Å². The molecule has 2 heterocycles. The summed E-state index contributed by atoms with van der Waals surface area (Å²) in [4.78, 5) is 27.1. The number of rotatable bonds is 3. The fourth-order valence-corrected chi connectivity index (χ4v) is 3.72. The van der Waals surface area contributed by atoms with E-state index in [1.54, 1.807) is 31.2 Å². The number of aryl methyl sites for hydroxylation is 1. The molecule has 0 bridgehead atoms. The van der Waals surface area contributed by atoms with Gasteiger partial charge in [-0.3, -0.25) is 14.5 Å². The van der Waals surface area contributed by atoms with Gasteiger partial charge in [0.2, 0.25) is 0 Å². The van der Waals surface area contributed by atoms with Gasteiger partial charge >= 0.3 is 0 Å². The molecule has 0 radical (unpaired) electrons. The van der Waals surface area contributed by atoms with Crippen molar-refractivity contribution in [3.05, 3.63) is 87.3 Å². The van der Waals surface area contributed by atoms with E-state index in [1.807, 2.05) is 0 Å². The van der Waals surface area contributed by atoms with Crippen LogP contribution in [0.3, 0.4) is 0 Å². The van der Waals surface area contributed by atoms with Gasteiger partial charge in [0.25, 0.3) is 11.7 Å². The highest BCUT2D eigenvalue weighted by molar-refractivity contribution is 6.52. The van der Waals surface area contributed by atoms with Crippen LogP contribution >= 0.6 is 23.2 Å². The summed E-state index contributed by atoms with van der Waals surface area (Å²) in [6.45, 7) is 1.79. The number of phenols is 1. The molecule has 152 valence electrons. The molecule has 2 aromatic carbocycles. The summed E-state index contributed by atoms with van der Waals surface area (Å²) in [5, 5.41) is 21.8. The summed E-state index contributed by atoms with van der Waals surface area (Å²) in [5.41, 5.74) is 0.931. The standard InChI is InChI=1S/C22H15Cl2NO5/c1-11-4-7-16(26)15(9-11)25-19(17-3-2-8-30-17)18(21(28)22(25)29)20(27)12-5-6-13(23)14(24)10-12/h2-10,19,26-27H,1H3/b20-18-. The third kappa shape index (κ3) is 3.24. The van der Waals surface area contributed by atoms with Crippen LogP contribution in [0.4, 0.5) is 5.69 Å². The number of hydrogen-bond donors (Lipinski definition) is 2. The van der Waals surface area contributed by atoms with Crippen molar-refractivity contribution in [2.75, 3.05) is 4.90 Å². The smallest absolute Gasteiger partial charge is 0.300 e. The van der Waals surface area contributed by atoms with Gasteiger partial charge in [-0.05, 0) is 55.0 Å². The van der Waals surface area contributed by atoms with Crippen LogP contribution in [0.15, 0.2) is 64.8 Å². The molecule has 3 aromatic rings. The molecule has 1 saturated heterocycles. The number of aromatic hydroxyl groups is 1. The van der Waals surface area contributed by atoms with Crippen LogP contribution in [-0.4, -0.2) is 21.9 Å². The van der Waals surface area contributed by atoms with Crippen molar-refractivity contribution in [3.8, 4) is 5.75 Å². The summed E-state index contributed by atoms with van der Waals surface area (Å²) >= 11 is 12.0. The highest BCUT2D eigenvalue weighted by Crippen LogP contribution is 2.45. The Labute approximate surface area is 181 Å². The highest BCUT2D eigenvalue weighted by atomic mass is 35.5. The minimum Gasteiger partial charge on any atom is -0.507 e. The molecule has 8 heteroatoms. The third-order valence-corrected chi connectivity index (χ3v) is 5.58. The summed E-state index contributed by atoms with van der Waals surface area (Å²) in [7, 11) is 0. The maximum Gasteiger partial charge on any atom is 0.300 e. The van der Waals surface area contributed by atoms with E-state index in [9.17, 15) is 19.8 Å². The molecule has 1 fully saturated rings. The zero-order chi connectivity index (χ0) is 21.6. The molecule has 1 aliphatic rings. The Balaban J connectivity index is 1.96. The van der Waals surface area contributed by atoms with Crippen molar-refractivity contribution >= 4 is 46.3 Å². The lowest BCUT2D eigenvalue weighted by molar-refractivity contribution is -0.132. The molecule has 2 N–H and O–H groups in total. The van der Waals surface area contributed by atoms with E-state index in [0.717, 1.165) is 10.5 Å². The van der Waals surface area contributed by atoms with Crippen molar-refractivity contribution in [1.29, 1.82) is 0 Å². The zero-order valence-corrected chi connectivity index (χ0v) is 17.1. The average molecular weight is 444 g/mol. The number of amides is 1. The number of aliphatic hydroxyl groups is 1. The van der Waals surface area contributed by atoms with E-state index >= 15 is 0 Å². The normalized spacial score (nSPS) is 18.2. The Morgan fingerprint density at radius 3 is 2.50 bits per heavy atom. The molecule has 6 nitrogen and oxygen atoms in total. The molecule has 0 aliphatic carbocycles. The van der Waals surface area contributed by atoms with Gasteiger partial charge in [-0.25, -0.2) is 0 Å². The van der Waals surface area contributed by atoms with Crippen LogP contribution in [0.1, 0.15) is 22.9 Å². The van der Waals surface area contributed by atoms with Crippen molar-refractivity contribution in [1.82, 2.24) is 0 Å². The first-order valence-corrected chi connectivity index (χ1v) is 9.64. The number of phenolic OH excluding ortho intramolecular Hbond substituents is 1. The second kappa shape index (κ2) is 7.55. The number of carbonyl (C=O) groups excluding carboxylic acids is 2. The lowest BCUT2D eigenvalue weighted by atomic mass is 9.99. The average Bonchev–Trinajstić information content (AvgIpc) is 3.33. The van der Waals surface area contributed by atoms with Crippen molar-refractivity contribution in [2.24, 2.45) is 0 Å². The predicted molar refractivity (Wildman–Crippen MR) is 113 cm³/mol. The molecule has 1 amide bonds. The quantitative estimate of drug-likeness (QED) is 0.328. The number of ketones is 1. The van der Waals surface area contributed by atoms with Crippen LogP contribution in [0, 0.1) is 6.92 Å². The summed E-state index contributed by atoms with van der Waals surface area (Å²) in [6.07, 6.45) is 1.39. The van der Waals surface area contributed by atoms with Crippen LogP contribution in [0.25, 0.3) is 5.76 Å². The fourth-order valence-electron chi connectivity index (χ4n) is 3.42. The number of hydrogen-bond acceptors (Lipinski definition) is 5. The number of benzene rings is 2. The lowest BCUT2D eigenvalue weighted by Crippen LogP contribution is -2.29. The molecule has 1 aromatic heterocycles. The Morgan fingerprint density at radius 2 is 1.83 bits per heavy atom. The molecule has 1 aliphatic heterocycles. The number of nitrogens with zero attached hydrogens (tertiary/aromatic N) is 1. The van der Waals surface area contributed by atoms with Gasteiger partial charge < -0.3 is 14.6 Å². The second-order valence-electron chi connectivity index (χ2n) is 6.81. The minimum atomic E-state index is -1.08. The van der Waals surface area contributed by atoms with Gasteiger partial charge in [0.15, 0.2) is 0 Å². The predicted octanol–water partition coefficient (Wildman–Crippen LogP) is 5.23. The Bertz CT molecular complexity index is 1200. The van der Waals surface area contributed by atoms with Crippen molar-refractivity contribution in [3.63, 3.8) is 0 Å². The highest BCUT2D eigenvalue weighted by Gasteiger charge is 2.49. The number of carbonyl (C=O) groups is 2. The first-order chi connectivity index (χ1) is 14.3. The van der Waals surface area contributed by atoms with Gasteiger partial charge in [-0.1, -0.05) is 29.3 Å². The molecule has 30 heavy (non-hydrogen) atoms. The topological polar surface area (TPSA) is 91.0 Å². The maximum atomic E-state index is 13.0. The van der Waals surface area contributed by atoms with E-state index in [4.69, 9.17) is 27.6 Å². The van der Waals surface area contributed by atoms with Crippen LogP contribution < -0.4 is 4.90 Å². The minimum absolute atomic E-state index is 0.131. The van der Waals surface area contributed by atoms with Gasteiger partial charge in [0, 0.05) is 5.56 Å². The second-order valence-corrected chi connectivity index (χ2v) is 7.62. The number of anilines is 1.